The average molecular weight is 426 g/mol. The Balaban J connectivity index is 0.00000155. The van der Waals surface area contributed by atoms with Crippen molar-refractivity contribution in [2.75, 3.05) is 41.9 Å². The lowest BCUT2D eigenvalue weighted by atomic mass is 10.0. The lowest BCUT2D eigenvalue weighted by molar-refractivity contribution is -0.106. The van der Waals surface area contributed by atoms with Crippen molar-refractivity contribution < 1.29 is 14.7 Å². The van der Waals surface area contributed by atoms with Gasteiger partial charge in [-0.15, -0.1) is 11.8 Å². The molecule has 0 fully saturated rings. The number of nitrogens with one attached hydrogen (secondary N) is 3. The van der Waals surface area contributed by atoms with Gasteiger partial charge < -0.3 is 25.9 Å². The monoisotopic (exact) mass is 425 g/mol. The number of hydrogen-bond acceptors (Lipinski definition) is 6. The van der Waals surface area contributed by atoms with Crippen molar-refractivity contribution in [1.82, 2.24) is 0 Å². The highest BCUT2D eigenvalue weighted by atomic mass is 32.2. The molecular weight excluding hydrogens is 398 g/mol. The van der Waals surface area contributed by atoms with Crippen LogP contribution in [0.3, 0.4) is 0 Å². The SMILES string of the molecule is CCNc1ccc(C2=CCSC=C2)cc1NC(=O)c1ccc(NCC=O)cc1.CO. The number of thioether (sulfide) groups is 1. The Morgan fingerprint density at radius 3 is 2.50 bits per heavy atom. The van der Waals surface area contributed by atoms with Crippen molar-refractivity contribution in [1.29, 1.82) is 0 Å². The van der Waals surface area contributed by atoms with Crippen molar-refractivity contribution in [2.45, 2.75) is 6.92 Å². The number of aliphatic hydroxyl groups excluding tert-OH is 1. The smallest absolute Gasteiger partial charge is 0.255 e. The van der Waals surface area contributed by atoms with Crippen LogP contribution in [0, 0.1) is 0 Å². The van der Waals surface area contributed by atoms with Crippen molar-refractivity contribution >= 4 is 46.6 Å². The maximum atomic E-state index is 12.7. The minimum absolute atomic E-state index is 0.179. The van der Waals surface area contributed by atoms with Crippen LogP contribution in [0.5, 0.6) is 0 Å². The van der Waals surface area contributed by atoms with Crippen LogP contribution >= 0.6 is 11.8 Å². The van der Waals surface area contributed by atoms with Gasteiger partial charge in [0.05, 0.1) is 17.9 Å². The molecule has 1 heterocycles. The molecule has 30 heavy (non-hydrogen) atoms. The van der Waals surface area contributed by atoms with Gasteiger partial charge in [-0.2, -0.15) is 0 Å². The van der Waals surface area contributed by atoms with Crippen molar-refractivity contribution in [2.24, 2.45) is 0 Å². The van der Waals surface area contributed by atoms with E-state index in [1.807, 2.05) is 19.1 Å². The third kappa shape index (κ3) is 6.50. The third-order valence-electron chi connectivity index (χ3n) is 4.25. The van der Waals surface area contributed by atoms with Gasteiger partial charge in [-0.3, -0.25) is 4.79 Å². The van der Waals surface area contributed by atoms with Gasteiger partial charge in [-0.25, -0.2) is 0 Å². The standard InChI is InChI=1S/C22H23N3O2S.CH4O/c1-2-23-20-8-5-18(16-9-13-28-14-10-16)15-21(20)25-22(27)17-3-6-19(7-4-17)24-11-12-26;1-2/h3-10,12-13,15,23-24H,2,11,14H2,1H3,(H,25,27);2H,1H3. The van der Waals surface area contributed by atoms with Crippen LogP contribution in [0.4, 0.5) is 17.1 Å². The van der Waals surface area contributed by atoms with Crippen LogP contribution in [0.2, 0.25) is 0 Å². The minimum Gasteiger partial charge on any atom is -0.400 e. The van der Waals surface area contributed by atoms with Gasteiger partial charge >= 0.3 is 0 Å². The summed E-state index contributed by atoms with van der Waals surface area (Å²) in [6.07, 6.45) is 5.07. The van der Waals surface area contributed by atoms with Gasteiger partial charge in [0, 0.05) is 30.7 Å². The Kier molecular flexibility index (Phi) is 9.70. The van der Waals surface area contributed by atoms with Crippen LogP contribution in [0.1, 0.15) is 22.8 Å². The largest absolute Gasteiger partial charge is 0.400 e. The van der Waals surface area contributed by atoms with Crippen molar-refractivity contribution in [3.8, 4) is 0 Å². The fraction of sp³-hybridized carbons (Fsp3) is 0.217. The van der Waals surface area contributed by atoms with Crippen LogP contribution in [-0.4, -0.2) is 43.3 Å². The zero-order chi connectivity index (χ0) is 21.8. The number of aliphatic hydroxyl groups is 1. The first-order valence-electron chi connectivity index (χ1n) is 9.61. The van der Waals surface area contributed by atoms with Gasteiger partial charge in [-0.05, 0) is 65.9 Å². The first-order valence-corrected chi connectivity index (χ1v) is 10.7. The van der Waals surface area contributed by atoms with Gasteiger partial charge in [0.15, 0.2) is 0 Å². The van der Waals surface area contributed by atoms with E-state index in [1.54, 1.807) is 36.0 Å². The number of hydrogen-bond donors (Lipinski definition) is 4. The number of allylic oxidation sites excluding steroid dienone is 2. The molecular formula is C23H27N3O3S. The molecule has 0 spiro atoms. The van der Waals surface area contributed by atoms with Crippen molar-refractivity contribution in [3.63, 3.8) is 0 Å². The van der Waals surface area contributed by atoms with E-state index in [4.69, 9.17) is 5.11 Å². The normalized spacial score (nSPS) is 12.2. The lowest BCUT2D eigenvalue weighted by Gasteiger charge is -2.15. The number of anilines is 3. The van der Waals surface area contributed by atoms with E-state index in [-0.39, 0.29) is 12.5 Å². The topological polar surface area (TPSA) is 90.5 Å². The van der Waals surface area contributed by atoms with Crippen LogP contribution in [-0.2, 0) is 4.79 Å². The highest BCUT2D eigenvalue weighted by molar-refractivity contribution is 8.02. The maximum Gasteiger partial charge on any atom is 0.255 e. The summed E-state index contributed by atoms with van der Waals surface area (Å²) in [5, 5.41) is 18.4. The summed E-state index contributed by atoms with van der Waals surface area (Å²) in [6.45, 7) is 3.03. The Hall–Kier alpha value is -3.03. The molecule has 0 unspecified atom stereocenters. The lowest BCUT2D eigenvalue weighted by Crippen LogP contribution is -2.14. The number of rotatable bonds is 8. The number of aldehydes is 1. The highest BCUT2D eigenvalue weighted by Gasteiger charge is 2.12. The fourth-order valence-electron chi connectivity index (χ4n) is 2.86. The summed E-state index contributed by atoms with van der Waals surface area (Å²) in [4.78, 5) is 23.2. The molecule has 158 valence electrons. The molecule has 0 saturated carbocycles. The van der Waals surface area contributed by atoms with E-state index in [9.17, 15) is 9.59 Å². The number of carbonyl (C=O) groups is 2. The minimum atomic E-state index is -0.179. The molecule has 0 aromatic heterocycles. The first kappa shape index (κ1) is 23.3. The summed E-state index contributed by atoms with van der Waals surface area (Å²) in [7, 11) is 1.00. The molecule has 4 N–H and O–H groups in total. The Bertz CT molecular complexity index is 908. The Morgan fingerprint density at radius 2 is 1.87 bits per heavy atom. The van der Waals surface area contributed by atoms with Crippen molar-refractivity contribution in [3.05, 3.63) is 71.2 Å². The summed E-state index contributed by atoms with van der Waals surface area (Å²) in [5.41, 5.74) is 5.22. The Labute approximate surface area is 181 Å². The zero-order valence-electron chi connectivity index (χ0n) is 17.1. The summed E-state index contributed by atoms with van der Waals surface area (Å²) >= 11 is 1.76. The molecule has 0 saturated heterocycles. The van der Waals surface area contributed by atoms with E-state index in [0.717, 1.165) is 53.9 Å². The van der Waals surface area contributed by atoms with Gasteiger partial charge in [0.1, 0.15) is 6.29 Å². The molecule has 2 aromatic rings. The van der Waals surface area contributed by atoms with E-state index in [1.165, 1.54) is 0 Å². The number of amides is 1. The zero-order valence-corrected chi connectivity index (χ0v) is 18.0. The van der Waals surface area contributed by atoms with Crippen LogP contribution in [0.25, 0.3) is 5.57 Å². The fourth-order valence-corrected chi connectivity index (χ4v) is 3.49. The molecule has 1 aliphatic heterocycles. The maximum absolute atomic E-state index is 12.7. The Morgan fingerprint density at radius 1 is 1.10 bits per heavy atom. The molecule has 0 atom stereocenters. The molecule has 3 rings (SSSR count). The van der Waals surface area contributed by atoms with Crippen LogP contribution in [0.15, 0.2) is 60.0 Å². The average Bonchev–Trinajstić information content (AvgIpc) is 2.81. The molecule has 7 heteroatoms. The van der Waals surface area contributed by atoms with E-state index in [2.05, 4.69) is 39.6 Å². The first-order chi connectivity index (χ1) is 14.7. The van der Waals surface area contributed by atoms with E-state index in [0.29, 0.717) is 5.56 Å². The molecule has 1 aliphatic rings. The summed E-state index contributed by atoms with van der Waals surface area (Å²) in [5.74, 6) is 0.773. The second-order valence-corrected chi connectivity index (χ2v) is 7.10. The summed E-state index contributed by atoms with van der Waals surface area (Å²) in [6, 6.07) is 13.1. The second kappa shape index (κ2) is 12.5. The molecule has 2 aromatic carbocycles. The number of benzene rings is 2. The van der Waals surface area contributed by atoms with Gasteiger partial charge in [-0.1, -0.05) is 12.1 Å². The molecule has 6 nitrogen and oxygen atoms in total. The predicted octanol–water partition coefficient (Wildman–Crippen LogP) is 4.23. The molecule has 0 bridgehead atoms. The highest BCUT2D eigenvalue weighted by Crippen LogP contribution is 2.30. The predicted molar refractivity (Wildman–Crippen MR) is 127 cm³/mol. The molecule has 0 aliphatic carbocycles. The van der Waals surface area contributed by atoms with Gasteiger partial charge in [0.2, 0.25) is 0 Å². The van der Waals surface area contributed by atoms with E-state index < -0.39 is 0 Å². The third-order valence-corrected chi connectivity index (χ3v) is 4.94. The second-order valence-electron chi connectivity index (χ2n) is 6.17. The van der Waals surface area contributed by atoms with Crippen LogP contribution < -0.4 is 16.0 Å². The van der Waals surface area contributed by atoms with E-state index >= 15 is 0 Å². The van der Waals surface area contributed by atoms with Gasteiger partial charge in [0.25, 0.3) is 5.91 Å². The molecule has 0 radical (unpaired) electrons. The molecule has 1 amide bonds. The summed E-state index contributed by atoms with van der Waals surface area (Å²) < 4.78 is 0. The number of carbonyl (C=O) groups excluding carboxylic acids is 2. The quantitative estimate of drug-likeness (QED) is 0.473.